The van der Waals surface area contributed by atoms with Gasteiger partial charge in [-0.3, -0.25) is 9.59 Å². The number of nitrogens with one attached hydrogen (secondary N) is 1. The number of hydrogen-bond donors (Lipinski definition) is 1. The van der Waals surface area contributed by atoms with E-state index in [-0.39, 0.29) is 23.8 Å². The molecule has 3 fully saturated rings. The van der Waals surface area contributed by atoms with E-state index in [1.165, 1.54) is 25.7 Å². The zero-order valence-electron chi connectivity index (χ0n) is 17.6. The molecule has 1 aliphatic heterocycles. The molecule has 5 heteroatoms. The normalized spacial score (nSPS) is 21.8. The van der Waals surface area contributed by atoms with Crippen LogP contribution < -0.4 is 10.1 Å². The summed E-state index contributed by atoms with van der Waals surface area (Å²) in [6, 6.07) is 8.13. The highest BCUT2D eigenvalue weighted by Gasteiger charge is 2.45. The maximum atomic E-state index is 12.6. The van der Waals surface area contributed by atoms with Crippen LogP contribution in [0.5, 0.6) is 5.75 Å². The minimum Gasteiger partial charge on any atom is -0.497 e. The SMILES string of the molecule is COc1cccc(CCC(=O)N2CCC(NC(=O)C3CCC4(CC3)CC4)CC2)c1. The number of methoxy groups -OCH3 is 1. The Balaban J connectivity index is 1.17. The van der Waals surface area contributed by atoms with E-state index >= 15 is 0 Å². The molecule has 3 aliphatic rings. The van der Waals surface area contributed by atoms with E-state index in [9.17, 15) is 9.59 Å². The zero-order chi connectivity index (χ0) is 20.3. The summed E-state index contributed by atoms with van der Waals surface area (Å²) in [5, 5.41) is 3.28. The van der Waals surface area contributed by atoms with Crippen molar-refractivity contribution in [2.45, 2.75) is 70.3 Å². The third kappa shape index (κ3) is 5.12. The number of carbonyl (C=O) groups excluding carboxylic acids is 2. The van der Waals surface area contributed by atoms with Gasteiger partial charge in [-0.25, -0.2) is 0 Å². The fraction of sp³-hybridized carbons (Fsp3) is 0.667. The van der Waals surface area contributed by atoms with Crippen LogP contribution >= 0.6 is 0 Å². The molecule has 1 aromatic rings. The summed E-state index contributed by atoms with van der Waals surface area (Å²) in [5.74, 6) is 1.50. The van der Waals surface area contributed by atoms with Crippen LogP contribution in [0.1, 0.15) is 63.4 Å². The number of rotatable bonds is 6. The second-order valence-corrected chi connectivity index (χ2v) is 9.29. The topological polar surface area (TPSA) is 58.6 Å². The van der Waals surface area contributed by atoms with E-state index in [1.54, 1.807) is 7.11 Å². The number of carbonyl (C=O) groups is 2. The highest BCUT2D eigenvalue weighted by molar-refractivity contribution is 5.79. The largest absolute Gasteiger partial charge is 0.497 e. The Kier molecular flexibility index (Phi) is 6.12. The van der Waals surface area contributed by atoms with Gasteiger partial charge in [0.1, 0.15) is 5.75 Å². The fourth-order valence-electron chi connectivity index (χ4n) is 5.00. The highest BCUT2D eigenvalue weighted by Crippen LogP contribution is 2.57. The quantitative estimate of drug-likeness (QED) is 0.795. The van der Waals surface area contributed by atoms with Crippen molar-refractivity contribution in [1.29, 1.82) is 0 Å². The standard InChI is InChI=1S/C24H34N2O3/c1-29-21-4-2-3-18(17-21)5-6-22(27)26-15-9-20(10-16-26)25-23(28)19-7-11-24(12-8-19)13-14-24/h2-4,17,19-20H,5-16H2,1H3,(H,25,28). The first-order valence-electron chi connectivity index (χ1n) is 11.3. The number of amides is 2. The minimum atomic E-state index is 0.208. The number of ether oxygens (including phenoxy) is 1. The molecule has 0 aromatic heterocycles. The van der Waals surface area contributed by atoms with Gasteiger partial charge < -0.3 is 15.0 Å². The predicted octanol–water partition coefficient (Wildman–Crippen LogP) is 3.71. The van der Waals surface area contributed by atoms with Crippen molar-refractivity contribution in [2.24, 2.45) is 11.3 Å². The molecule has 0 unspecified atom stereocenters. The van der Waals surface area contributed by atoms with Crippen LogP contribution in [-0.4, -0.2) is 43.0 Å². The van der Waals surface area contributed by atoms with Gasteiger partial charge in [0.15, 0.2) is 0 Å². The Bertz CT molecular complexity index is 725. The van der Waals surface area contributed by atoms with Crippen molar-refractivity contribution in [3.63, 3.8) is 0 Å². The lowest BCUT2D eigenvalue weighted by atomic mass is 9.79. The Labute approximate surface area is 174 Å². The second kappa shape index (κ2) is 8.76. The summed E-state index contributed by atoms with van der Waals surface area (Å²) < 4.78 is 5.25. The first-order valence-corrected chi connectivity index (χ1v) is 11.3. The van der Waals surface area contributed by atoms with Gasteiger partial charge in [-0.15, -0.1) is 0 Å². The molecule has 0 bridgehead atoms. The first-order chi connectivity index (χ1) is 14.1. The average Bonchev–Trinajstić information content (AvgIpc) is 3.51. The summed E-state index contributed by atoms with van der Waals surface area (Å²) in [6.07, 6.45) is 10.4. The summed E-state index contributed by atoms with van der Waals surface area (Å²) >= 11 is 0. The Morgan fingerprint density at radius 3 is 2.48 bits per heavy atom. The summed E-state index contributed by atoms with van der Waals surface area (Å²) in [5.41, 5.74) is 1.76. The Hall–Kier alpha value is -2.04. The molecule has 1 aromatic carbocycles. The third-order valence-electron chi connectivity index (χ3n) is 7.33. The minimum absolute atomic E-state index is 0.208. The van der Waals surface area contributed by atoms with Gasteiger partial charge in [0, 0.05) is 31.5 Å². The number of aryl methyl sites for hydroxylation is 1. The van der Waals surface area contributed by atoms with Crippen molar-refractivity contribution < 1.29 is 14.3 Å². The lowest BCUT2D eigenvalue weighted by molar-refractivity contribution is -0.132. The van der Waals surface area contributed by atoms with Gasteiger partial charge >= 0.3 is 0 Å². The van der Waals surface area contributed by atoms with Crippen LogP contribution in [0.4, 0.5) is 0 Å². The van der Waals surface area contributed by atoms with E-state index in [0.29, 0.717) is 11.8 Å². The molecule has 2 saturated carbocycles. The van der Waals surface area contributed by atoms with E-state index in [4.69, 9.17) is 4.74 Å². The third-order valence-corrected chi connectivity index (χ3v) is 7.33. The molecule has 1 heterocycles. The van der Waals surface area contributed by atoms with Gasteiger partial charge in [0.05, 0.1) is 7.11 Å². The van der Waals surface area contributed by atoms with Crippen LogP contribution in [0.25, 0.3) is 0 Å². The fourth-order valence-corrected chi connectivity index (χ4v) is 5.00. The number of nitrogens with zero attached hydrogens (tertiary/aromatic N) is 1. The van der Waals surface area contributed by atoms with Crippen molar-refractivity contribution in [1.82, 2.24) is 10.2 Å². The molecular weight excluding hydrogens is 364 g/mol. The summed E-state index contributed by atoms with van der Waals surface area (Å²) in [6.45, 7) is 1.49. The van der Waals surface area contributed by atoms with Gasteiger partial charge in [-0.05, 0) is 80.9 Å². The maximum Gasteiger partial charge on any atom is 0.223 e. The van der Waals surface area contributed by atoms with Crippen molar-refractivity contribution in [3.8, 4) is 5.75 Å². The molecule has 5 nitrogen and oxygen atoms in total. The van der Waals surface area contributed by atoms with Gasteiger partial charge in [0.25, 0.3) is 0 Å². The first kappa shape index (κ1) is 20.2. The molecule has 0 radical (unpaired) electrons. The zero-order valence-corrected chi connectivity index (χ0v) is 17.6. The summed E-state index contributed by atoms with van der Waals surface area (Å²) in [7, 11) is 1.66. The molecule has 1 N–H and O–H groups in total. The molecule has 29 heavy (non-hydrogen) atoms. The lowest BCUT2D eigenvalue weighted by Gasteiger charge is -2.34. The van der Waals surface area contributed by atoms with E-state index < -0.39 is 0 Å². The molecule has 1 spiro atoms. The van der Waals surface area contributed by atoms with Crippen LogP contribution in [0, 0.1) is 11.3 Å². The average molecular weight is 399 g/mol. The number of likely N-dealkylation sites (tertiary alicyclic amines) is 1. The molecule has 0 atom stereocenters. The van der Waals surface area contributed by atoms with Crippen molar-refractivity contribution in [2.75, 3.05) is 20.2 Å². The number of piperidine rings is 1. The van der Waals surface area contributed by atoms with Crippen molar-refractivity contribution >= 4 is 11.8 Å². The second-order valence-electron chi connectivity index (χ2n) is 9.29. The number of hydrogen-bond acceptors (Lipinski definition) is 3. The Morgan fingerprint density at radius 1 is 1.10 bits per heavy atom. The molecule has 2 amide bonds. The molecule has 1 saturated heterocycles. The molecule has 2 aliphatic carbocycles. The van der Waals surface area contributed by atoms with Crippen LogP contribution in [-0.2, 0) is 16.0 Å². The lowest BCUT2D eigenvalue weighted by Crippen LogP contribution is -2.48. The van der Waals surface area contributed by atoms with E-state index in [1.807, 2.05) is 29.2 Å². The van der Waals surface area contributed by atoms with Crippen LogP contribution in [0.15, 0.2) is 24.3 Å². The monoisotopic (exact) mass is 398 g/mol. The molecular formula is C24H34N2O3. The van der Waals surface area contributed by atoms with E-state index in [2.05, 4.69) is 5.32 Å². The Morgan fingerprint density at radius 2 is 1.83 bits per heavy atom. The maximum absolute atomic E-state index is 12.6. The summed E-state index contributed by atoms with van der Waals surface area (Å²) in [4.78, 5) is 27.2. The van der Waals surface area contributed by atoms with Gasteiger partial charge in [0.2, 0.25) is 11.8 Å². The molecule has 158 valence electrons. The predicted molar refractivity (Wildman–Crippen MR) is 113 cm³/mol. The van der Waals surface area contributed by atoms with Gasteiger partial charge in [-0.2, -0.15) is 0 Å². The van der Waals surface area contributed by atoms with E-state index in [0.717, 1.165) is 56.5 Å². The highest BCUT2D eigenvalue weighted by atomic mass is 16.5. The smallest absolute Gasteiger partial charge is 0.223 e. The van der Waals surface area contributed by atoms with Crippen LogP contribution in [0.3, 0.4) is 0 Å². The van der Waals surface area contributed by atoms with Crippen molar-refractivity contribution in [3.05, 3.63) is 29.8 Å². The number of benzene rings is 1. The van der Waals surface area contributed by atoms with Crippen LogP contribution in [0.2, 0.25) is 0 Å². The molecule has 4 rings (SSSR count). The van der Waals surface area contributed by atoms with Gasteiger partial charge in [-0.1, -0.05) is 12.1 Å².